The molecule has 0 amide bonds. The molecule has 20 heavy (non-hydrogen) atoms. The van der Waals surface area contributed by atoms with Crippen molar-refractivity contribution in [3.63, 3.8) is 0 Å². The first-order valence-corrected chi connectivity index (χ1v) is 7.96. The Morgan fingerprint density at radius 2 is 2.00 bits per heavy atom. The Morgan fingerprint density at radius 1 is 1.30 bits per heavy atom. The predicted molar refractivity (Wildman–Crippen MR) is 79.0 cm³/mol. The Bertz CT molecular complexity index is 936. The van der Waals surface area contributed by atoms with Crippen LogP contribution in [0.1, 0.15) is 6.93 Å². The highest BCUT2D eigenvalue weighted by molar-refractivity contribution is 9.10. The Labute approximate surface area is 125 Å². The molecule has 0 fully saturated rings. The lowest BCUT2D eigenvalue weighted by atomic mass is 10.2. The van der Waals surface area contributed by atoms with Gasteiger partial charge in [-0.2, -0.15) is 17.6 Å². The molecule has 0 N–H and O–H groups in total. The zero-order valence-electron chi connectivity index (χ0n) is 11.4. The Hall–Kier alpha value is -1.73. The number of rotatable bonds is 2. The van der Waals surface area contributed by atoms with Gasteiger partial charge in [-0.05, 0) is 41.1 Å². The van der Waals surface area contributed by atoms with E-state index >= 15 is 0 Å². The molecule has 0 aliphatic heterocycles. The Kier molecular flexibility index (Phi) is 2.82. The predicted octanol–water partition coefficient (Wildman–Crippen LogP) is 2.74. The molecule has 3 aromatic rings. The monoisotopic (exact) mass is 352 g/mol. The number of fused-ring (bicyclic) bond motifs is 1. The van der Waals surface area contributed by atoms with Gasteiger partial charge in [0.15, 0.2) is 0 Å². The van der Waals surface area contributed by atoms with Gasteiger partial charge in [0.25, 0.3) is 10.0 Å². The fraction of sp³-hybridized carbons (Fsp3) is 0.0769. The highest BCUT2D eigenvalue weighted by atomic mass is 79.9. The van der Waals surface area contributed by atoms with Crippen molar-refractivity contribution in [1.82, 2.24) is 14.2 Å². The lowest BCUT2D eigenvalue weighted by Crippen LogP contribution is -2.14. The van der Waals surface area contributed by atoms with Gasteiger partial charge in [-0.1, -0.05) is 17.7 Å². The van der Waals surface area contributed by atoms with Crippen molar-refractivity contribution in [2.24, 2.45) is 0 Å². The molecular weight excluding hydrogens is 342 g/mol. The van der Waals surface area contributed by atoms with Gasteiger partial charge >= 0.3 is 0 Å². The summed E-state index contributed by atoms with van der Waals surface area (Å²) in [6.07, 6.45) is 1.28. The number of aryl methyl sites for hydroxylation is 1. The van der Waals surface area contributed by atoms with Crippen LogP contribution in [0.25, 0.3) is 10.9 Å². The molecule has 0 atom stereocenters. The van der Waals surface area contributed by atoms with Gasteiger partial charge in [-0.3, -0.25) is 0 Å². The van der Waals surface area contributed by atoms with Gasteiger partial charge in [-0.15, -0.1) is 0 Å². The SMILES string of the molecule is [2H]c1nn(S(=O)(=O)c2ccc(C)cc2)c2cnc(Br)cc12. The molecule has 0 unspecified atom stereocenters. The van der Waals surface area contributed by atoms with E-state index in [-0.39, 0.29) is 16.6 Å². The zero-order valence-corrected chi connectivity index (χ0v) is 12.8. The van der Waals surface area contributed by atoms with E-state index in [1.54, 1.807) is 18.2 Å². The molecule has 2 heterocycles. The fourth-order valence-electron chi connectivity index (χ4n) is 1.81. The van der Waals surface area contributed by atoms with E-state index in [0.29, 0.717) is 9.99 Å². The number of pyridine rings is 1. The van der Waals surface area contributed by atoms with Crippen molar-refractivity contribution in [1.29, 1.82) is 0 Å². The molecule has 0 spiro atoms. The van der Waals surface area contributed by atoms with E-state index in [2.05, 4.69) is 26.0 Å². The van der Waals surface area contributed by atoms with Crippen LogP contribution in [0.4, 0.5) is 0 Å². The number of aromatic nitrogens is 3. The van der Waals surface area contributed by atoms with Crippen molar-refractivity contribution in [2.75, 3.05) is 0 Å². The summed E-state index contributed by atoms with van der Waals surface area (Å²) in [5.41, 5.74) is 1.25. The highest BCUT2D eigenvalue weighted by Crippen LogP contribution is 2.21. The van der Waals surface area contributed by atoms with E-state index in [4.69, 9.17) is 1.37 Å². The third-order valence-corrected chi connectivity index (χ3v) is 4.90. The first-order chi connectivity index (χ1) is 9.89. The van der Waals surface area contributed by atoms with Crippen LogP contribution in [-0.4, -0.2) is 22.6 Å². The maximum Gasteiger partial charge on any atom is 0.283 e. The number of benzene rings is 1. The molecule has 0 radical (unpaired) electrons. The molecule has 102 valence electrons. The number of nitrogens with zero attached hydrogens (tertiary/aromatic N) is 3. The van der Waals surface area contributed by atoms with Crippen LogP contribution in [0.2, 0.25) is 0 Å². The van der Waals surface area contributed by atoms with E-state index in [0.717, 1.165) is 9.65 Å². The minimum absolute atomic E-state index is 0.108. The maximum absolute atomic E-state index is 12.6. The molecule has 0 aliphatic rings. The van der Waals surface area contributed by atoms with Crippen molar-refractivity contribution >= 4 is 36.9 Å². The van der Waals surface area contributed by atoms with Crippen LogP contribution in [-0.2, 0) is 10.0 Å². The molecule has 0 aliphatic carbocycles. The molecule has 2 aromatic heterocycles. The average Bonchev–Trinajstić information content (AvgIpc) is 2.77. The van der Waals surface area contributed by atoms with Crippen molar-refractivity contribution < 1.29 is 9.79 Å². The lowest BCUT2D eigenvalue weighted by Gasteiger charge is -2.06. The minimum Gasteiger partial charge on any atom is -0.247 e. The fourth-order valence-corrected chi connectivity index (χ4v) is 3.37. The molecule has 0 saturated carbocycles. The van der Waals surface area contributed by atoms with Crippen LogP contribution in [0.3, 0.4) is 0 Å². The van der Waals surface area contributed by atoms with Crippen molar-refractivity contribution in [3.05, 3.63) is 52.9 Å². The summed E-state index contributed by atoms with van der Waals surface area (Å²) >= 11 is 3.20. The highest BCUT2D eigenvalue weighted by Gasteiger charge is 2.20. The minimum atomic E-state index is -3.84. The van der Waals surface area contributed by atoms with Gasteiger partial charge in [0.2, 0.25) is 0 Å². The number of hydrogen-bond donors (Lipinski definition) is 0. The van der Waals surface area contributed by atoms with E-state index in [1.165, 1.54) is 18.3 Å². The largest absolute Gasteiger partial charge is 0.283 e. The molecule has 1 aromatic carbocycles. The molecule has 5 nitrogen and oxygen atoms in total. The summed E-state index contributed by atoms with van der Waals surface area (Å²) in [5, 5.41) is 4.26. The Morgan fingerprint density at radius 3 is 2.70 bits per heavy atom. The van der Waals surface area contributed by atoms with Gasteiger partial charge in [-0.25, -0.2) is 4.98 Å². The van der Waals surface area contributed by atoms with E-state index < -0.39 is 10.0 Å². The normalized spacial score (nSPS) is 12.6. The van der Waals surface area contributed by atoms with Gasteiger partial charge in [0.05, 0.1) is 18.6 Å². The van der Waals surface area contributed by atoms with Crippen LogP contribution in [0.5, 0.6) is 0 Å². The molecule has 0 bridgehead atoms. The first-order valence-electron chi connectivity index (χ1n) is 6.23. The van der Waals surface area contributed by atoms with Gasteiger partial charge in [0, 0.05) is 5.39 Å². The quantitative estimate of drug-likeness (QED) is 0.665. The van der Waals surface area contributed by atoms with Crippen LogP contribution in [0.15, 0.2) is 52.2 Å². The number of halogens is 1. The average molecular weight is 353 g/mol. The second-order valence-electron chi connectivity index (χ2n) is 4.30. The smallest absolute Gasteiger partial charge is 0.247 e. The van der Waals surface area contributed by atoms with Gasteiger partial charge in [0.1, 0.15) is 10.1 Å². The van der Waals surface area contributed by atoms with E-state index in [9.17, 15) is 8.42 Å². The first kappa shape index (κ1) is 12.0. The standard InChI is InChI=1S/C13H10BrN3O2S/c1-9-2-4-11(5-3-9)20(18,19)17-12-8-15-13(14)6-10(12)7-16-17/h2-8H,1H3/i7D. The summed E-state index contributed by atoms with van der Waals surface area (Å²) < 4.78 is 34.5. The molecule has 3 rings (SSSR count). The summed E-state index contributed by atoms with van der Waals surface area (Å²) in [6, 6.07) is 8.05. The Balaban J connectivity index is 2.26. The third kappa shape index (κ3) is 2.12. The summed E-state index contributed by atoms with van der Waals surface area (Å²) in [7, 11) is -3.84. The summed E-state index contributed by atoms with van der Waals surface area (Å²) in [4.78, 5) is 4.14. The van der Waals surface area contributed by atoms with Crippen LogP contribution >= 0.6 is 15.9 Å². The van der Waals surface area contributed by atoms with Crippen LogP contribution in [0, 0.1) is 6.92 Å². The summed E-state index contributed by atoms with van der Waals surface area (Å²) in [6.45, 7) is 1.88. The summed E-state index contributed by atoms with van der Waals surface area (Å²) in [5.74, 6) is 0. The second kappa shape index (κ2) is 4.68. The maximum atomic E-state index is 12.6. The van der Waals surface area contributed by atoms with E-state index in [1.807, 2.05) is 6.92 Å². The van der Waals surface area contributed by atoms with Crippen LogP contribution < -0.4 is 0 Å². The topological polar surface area (TPSA) is 64.8 Å². The second-order valence-corrected chi connectivity index (χ2v) is 6.88. The van der Waals surface area contributed by atoms with Crippen molar-refractivity contribution in [2.45, 2.75) is 11.8 Å². The third-order valence-electron chi connectivity index (χ3n) is 2.86. The molecule has 0 saturated heterocycles. The molecule has 7 heteroatoms. The number of hydrogen-bond acceptors (Lipinski definition) is 4. The zero-order chi connectivity index (χ0) is 15.2. The molecular formula is C13H10BrN3O2S. The van der Waals surface area contributed by atoms with Gasteiger partial charge < -0.3 is 0 Å². The van der Waals surface area contributed by atoms with Crippen molar-refractivity contribution in [3.8, 4) is 0 Å². The lowest BCUT2D eigenvalue weighted by molar-refractivity contribution is 0.582.